The second kappa shape index (κ2) is 11.4. The number of carbonyl (C=O) groups excluding carboxylic acids is 3. The maximum atomic E-state index is 12.9. The molecule has 2 aliphatic heterocycles. The standard InChI is InChI=1S/C24H21N5O5S4/c25-17(30)9-28-7-5-14(6-8-28)35-10-13-11-36-22-19(21(32)29(22)20(13)23(33)34)27-18(31)12-37-24-26-15-3-1-2-4-16(15)38-24/h1-8,19,22H,9-12H2,(H3-,25,27,30,31,33,34)/p+1/t19-,22-/m1/s1. The molecule has 38 heavy (non-hydrogen) atoms. The molecule has 196 valence electrons. The molecule has 1 fully saturated rings. The van der Waals surface area contributed by atoms with Crippen LogP contribution >= 0.6 is 46.6 Å². The third-order valence-electron chi connectivity index (χ3n) is 5.78. The van der Waals surface area contributed by atoms with E-state index in [1.165, 1.54) is 51.5 Å². The molecule has 10 nitrogen and oxygen atoms in total. The van der Waals surface area contributed by atoms with Crippen molar-refractivity contribution in [3.63, 3.8) is 0 Å². The summed E-state index contributed by atoms with van der Waals surface area (Å²) in [4.78, 5) is 55.3. The quantitative estimate of drug-likeness (QED) is 0.183. The molecule has 2 atom stereocenters. The predicted molar refractivity (Wildman–Crippen MR) is 147 cm³/mol. The summed E-state index contributed by atoms with van der Waals surface area (Å²) in [7, 11) is 0. The van der Waals surface area contributed by atoms with Gasteiger partial charge in [-0.05, 0) is 17.7 Å². The van der Waals surface area contributed by atoms with Crippen molar-refractivity contribution in [3.8, 4) is 0 Å². The molecule has 3 amide bonds. The van der Waals surface area contributed by atoms with Crippen LogP contribution in [0.15, 0.2) is 69.3 Å². The summed E-state index contributed by atoms with van der Waals surface area (Å²) in [6.45, 7) is 0.0761. The van der Waals surface area contributed by atoms with Crippen molar-refractivity contribution in [2.45, 2.75) is 27.2 Å². The maximum absolute atomic E-state index is 12.9. The third-order valence-corrected chi connectivity index (χ3v) is 10.4. The molecule has 5 rings (SSSR count). The number of primary amides is 1. The number of rotatable bonds is 10. The van der Waals surface area contributed by atoms with Crippen molar-refractivity contribution in [1.82, 2.24) is 15.2 Å². The molecule has 0 aliphatic carbocycles. The van der Waals surface area contributed by atoms with Gasteiger partial charge >= 0.3 is 5.97 Å². The van der Waals surface area contributed by atoms with E-state index in [0.717, 1.165) is 19.5 Å². The Morgan fingerprint density at radius 3 is 2.66 bits per heavy atom. The molecule has 4 heterocycles. The van der Waals surface area contributed by atoms with Gasteiger partial charge in [0.1, 0.15) is 17.1 Å². The number of thiazole rings is 1. The maximum Gasteiger partial charge on any atom is 0.352 e. The van der Waals surface area contributed by atoms with E-state index in [2.05, 4.69) is 10.3 Å². The first-order valence-electron chi connectivity index (χ1n) is 11.4. The number of hydrogen-bond donors (Lipinski definition) is 3. The lowest BCUT2D eigenvalue weighted by molar-refractivity contribution is -0.684. The minimum Gasteiger partial charge on any atom is -0.477 e. The van der Waals surface area contributed by atoms with Crippen molar-refractivity contribution in [2.24, 2.45) is 5.73 Å². The molecule has 3 aromatic rings. The van der Waals surface area contributed by atoms with Crippen LogP contribution in [0.3, 0.4) is 0 Å². The monoisotopic (exact) mass is 588 g/mol. The normalized spacial score (nSPS) is 18.7. The van der Waals surface area contributed by atoms with Crippen LogP contribution in [0.1, 0.15) is 0 Å². The molecule has 4 N–H and O–H groups in total. The number of carboxylic acid groups (broad SMARTS) is 1. The lowest BCUT2D eigenvalue weighted by atomic mass is 10.0. The summed E-state index contributed by atoms with van der Waals surface area (Å²) in [5, 5.41) is 12.2. The second-order valence-corrected chi connectivity index (χ2v) is 12.8. The van der Waals surface area contributed by atoms with Gasteiger partial charge in [-0.25, -0.2) is 9.78 Å². The lowest BCUT2D eigenvalue weighted by Gasteiger charge is -2.49. The van der Waals surface area contributed by atoms with Gasteiger partial charge in [-0.15, -0.1) is 34.9 Å². The van der Waals surface area contributed by atoms with Crippen LogP contribution in [0.4, 0.5) is 0 Å². The van der Waals surface area contributed by atoms with E-state index in [-0.39, 0.29) is 23.9 Å². The van der Waals surface area contributed by atoms with Crippen molar-refractivity contribution >= 4 is 80.5 Å². The van der Waals surface area contributed by atoms with Crippen LogP contribution < -0.4 is 15.6 Å². The molecular formula is C24H22N5O5S4+. The molecule has 2 aliphatic rings. The van der Waals surface area contributed by atoms with Crippen LogP contribution in [0.2, 0.25) is 0 Å². The smallest absolute Gasteiger partial charge is 0.352 e. The minimum atomic E-state index is -1.16. The fourth-order valence-corrected chi connectivity index (χ4v) is 8.29. The molecule has 14 heteroatoms. The Morgan fingerprint density at radius 1 is 1.18 bits per heavy atom. The number of thioether (sulfide) groups is 3. The number of fused-ring (bicyclic) bond motifs is 2. The van der Waals surface area contributed by atoms with Crippen molar-refractivity contribution < 1.29 is 28.9 Å². The number of carboxylic acids is 1. The topological polar surface area (TPSA) is 147 Å². The van der Waals surface area contributed by atoms with Gasteiger partial charge in [-0.3, -0.25) is 19.3 Å². The summed E-state index contributed by atoms with van der Waals surface area (Å²) in [6.07, 6.45) is 3.46. The molecule has 0 spiro atoms. The largest absolute Gasteiger partial charge is 0.477 e. The van der Waals surface area contributed by atoms with Gasteiger partial charge < -0.3 is 16.2 Å². The van der Waals surface area contributed by atoms with Gasteiger partial charge in [0.15, 0.2) is 16.7 Å². The van der Waals surface area contributed by atoms with Gasteiger partial charge in [0.2, 0.25) is 12.5 Å². The molecule has 1 aromatic carbocycles. The van der Waals surface area contributed by atoms with Gasteiger partial charge in [0, 0.05) is 28.5 Å². The van der Waals surface area contributed by atoms with Gasteiger partial charge in [0.05, 0.1) is 16.0 Å². The number of aromatic nitrogens is 2. The number of nitrogens with two attached hydrogens (primary N) is 1. The predicted octanol–water partition coefficient (Wildman–Crippen LogP) is 1.69. The Kier molecular flexibility index (Phi) is 7.93. The van der Waals surface area contributed by atoms with E-state index >= 15 is 0 Å². The van der Waals surface area contributed by atoms with Crippen molar-refractivity contribution in [2.75, 3.05) is 17.3 Å². The molecule has 2 aromatic heterocycles. The Morgan fingerprint density at radius 2 is 1.95 bits per heavy atom. The highest BCUT2D eigenvalue weighted by atomic mass is 32.2. The first-order chi connectivity index (χ1) is 18.3. The number of para-hydroxylation sites is 1. The van der Waals surface area contributed by atoms with Crippen LogP contribution in [-0.4, -0.2) is 67.4 Å². The van der Waals surface area contributed by atoms with Gasteiger partial charge in [-0.1, -0.05) is 23.9 Å². The number of nitrogens with zero attached hydrogens (tertiary/aromatic N) is 3. The third kappa shape index (κ3) is 5.67. The average molecular weight is 589 g/mol. The highest BCUT2D eigenvalue weighted by Crippen LogP contribution is 2.41. The van der Waals surface area contributed by atoms with Gasteiger partial charge in [-0.2, -0.15) is 4.57 Å². The molecule has 1 saturated heterocycles. The first kappa shape index (κ1) is 26.5. The number of pyridine rings is 1. The zero-order valence-corrected chi connectivity index (χ0v) is 23.0. The fourth-order valence-electron chi connectivity index (χ4n) is 4.05. The number of hydrogen-bond acceptors (Lipinski definition) is 9. The number of nitrogens with one attached hydrogen (secondary N) is 1. The van der Waals surface area contributed by atoms with Crippen LogP contribution in [0.5, 0.6) is 0 Å². The molecule has 0 bridgehead atoms. The average Bonchev–Trinajstić information content (AvgIpc) is 3.32. The number of carbonyl (C=O) groups is 4. The summed E-state index contributed by atoms with van der Waals surface area (Å²) in [5.41, 5.74) is 6.71. The number of amides is 3. The van der Waals surface area contributed by atoms with E-state index in [9.17, 15) is 24.3 Å². The summed E-state index contributed by atoms with van der Waals surface area (Å²) in [6, 6.07) is 10.6. The Hall–Kier alpha value is -3.07. The Balaban J connectivity index is 1.18. The zero-order valence-electron chi connectivity index (χ0n) is 19.7. The Bertz CT molecular complexity index is 1420. The SMILES string of the molecule is NC(=O)C[n+]1ccc(SCC2=C(C(=O)O)N3C(=O)[C@@H](NC(=O)CSc4nc5ccccc5s4)[C@H]3SC2)cc1. The van der Waals surface area contributed by atoms with E-state index in [1.807, 2.05) is 36.4 Å². The lowest BCUT2D eigenvalue weighted by Crippen LogP contribution is -2.70. The second-order valence-electron chi connectivity index (χ2n) is 8.41. The fraction of sp³-hybridized carbons (Fsp3) is 0.250. The highest BCUT2D eigenvalue weighted by molar-refractivity contribution is 8.01. The molecular weight excluding hydrogens is 567 g/mol. The van der Waals surface area contributed by atoms with E-state index in [4.69, 9.17) is 5.73 Å². The van der Waals surface area contributed by atoms with Crippen LogP contribution in [0.25, 0.3) is 10.2 Å². The highest BCUT2D eigenvalue weighted by Gasteiger charge is 2.54. The zero-order chi connectivity index (χ0) is 26.8. The van der Waals surface area contributed by atoms with Crippen LogP contribution in [0, 0.1) is 0 Å². The van der Waals surface area contributed by atoms with Crippen molar-refractivity contribution in [1.29, 1.82) is 0 Å². The Labute approximate surface area is 234 Å². The van der Waals surface area contributed by atoms with E-state index in [0.29, 0.717) is 17.1 Å². The van der Waals surface area contributed by atoms with E-state index < -0.39 is 29.2 Å². The number of aliphatic carboxylic acids is 1. The van der Waals surface area contributed by atoms with E-state index in [1.54, 1.807) is 17.0 Å². The molecule has 0 radical (unpaired) electrons. The first-order valence-corrected chi connectivity index (χ1v) is 15.2. The molecule has 0 saturated carbocycles. The van der Waals surface area contributed by atoms with Crippen LogP contribution in [-0.2, 0) is 25.7 Å². The molecule has 0 unspecified atom stereocenters. The minimum absolute atomic E-state index is 0.0136. The summed E-state index contributed by atoms with van der Waals surface area (Å²) in [5.74, 6) is -1.39. The van der Waals surface area contributed by atoms with Gasteiger partial charge in [0.25, 0.3) is 11.8 Å². The summed E-state index contributed by atoms with van der Waals surface area (Å²) >= 11 is 5.70. The van der Waals surface area contributed by atoms with Crippen molar-refractivity contribution in [3.05, 3.63) is 60.1 Å². The summed E-state index contributed by atoms with van der Waals surface area (Å²) < 4.78 is 3.47. The number of benzene rings is 1. The number of β-lactam (4-membered cyclic amide) rings is 1.